The van der Waals surface area contributed by atoms with E-state index in [1.165, 1.54) is 44.3 Å². The Morgan fingerprint density at radius 1 is 0.583 bits per heavy atom. The van der Waals surface area contributed by atoms with E-state index in [2.05, 4.69) is 140 Å². The van der Waals surface area contributed by atoms with E-state index in [0.29, 0.717) is 0 Å². The Bertz CT molecular complexity index is 1690. The molecule has 0 saturated heterocycles. The fourth-order valence-electron chi connectivity index (χ4n) is 5.85. The first-order valence-corrected chi connectivity index (χ1v) is 12.6. The summed E-state index contributed by atoms with van der Waals surface area (Å²) in [6, 6.07) is 41.3. The molecule has 4 aromatic carbocycles. The first-order valence-electron chi connectivity index (χ1n) is 12.6. The van der Waals surface area contributed by atoms with Crippen LogP contribution in [0.2, 0.25) is 0 Å². The molecule has 36 heavy (non-hydrogen) atoms. The fourth-order valence-corrected chi connectivity index (χ4v) is 5.85. The number of hydrogen-bond acceptors (Lipinski definition) is 1. The van der Waals surface area contributed by atoms with Gasteiger partial charge in [-0.15, -0.1) is 0 Å². The Kier molecular flexibility index (Phi) is 4.99. The summed E-state index contributed by atoms with van der Waals surface area (Å²) in [4.78, 5) is 5.16. The highest BCUT2D eigenvalue weighted by Gasteiger charge is 2.36. The van der Waals surface area contributed by atoms with Crippen LogP contribution < -0.4 is 0 Å². The summed E-state index contributed by atoms with van der Waals surface area (Å²) in [6.45, 7) is 0. The molecule has 0 fully saturated rings. The minimum atomic E-state index is 0.170. The molecule has 0 radical (unpaired) electrons. The molecular formula is C35H25N. The van der Waals surface area contributed by atoms with Gasteiger partial charge in [0.2, 0.25) is 0 Å². The van der Waals surface area contributed by atoms with Crippen LogP contribution in [0.1, 0.15) is 28.3 Å². The molecule has 0 amide bonds. The number of aromatic nitrogens is 1. The maximum absolute atomic E-state index is 5.16. The molecule has 0 saturated carbocycles. The Morgan fingerprint density at radius 3 is 2.31 bits per heavy atom. The predicted octanol–water partition coefficient (Wildman–Crippen LogP) is 8.59. The lowest BCUT2D eigenvalue weighted by Gasteiger charge is -2.36. The third kappa shape index (κ3) is 3.44. The molecule has 0 bridgehead atoms. The van der Waals surface area contributed by atoms with E-state index >= 15 is 0 Å². The highest BCUT2D eigenvalue weighted by Crippen LogP contribution is 2.50. The van der Waals surface area contributed by atoms with Crippen molar-refractivity contribution < 1.29 is 0 Å². The van der Waals surface area contributed by atoms with E-state index in [1.807, 2.05) is 0 Å². The van der Waals surface area contributed by atoms with E-state index in [1.54, 1.807) is 0 Å². The molecule has 1 heteroatoms. The Labute approximate surface area is 211 Å². The molecule has 2 aliphatic carbocycles. The Balaban J connectivity index is 1.44. The minimum absolute atomic E-state index is 0.170. The standard InChI is InChI=1S/C35H25N/c1-2-11-24(12-3-1)26-14-10-15-27(23-26)34-28-16-5-7-18-30(28)35(31-19-8-6-17-29(31)34)33-22-21-25-13-4-9-20-32(25)36-33/h1-23,30,35H. The van der Waals surface area contributed by atoms with Crippen LogP contribution in [0.3, 0.4) is 0 Å². The van der Waals surface area contributed by atoms with Crippen LogP contribution in [0.25, 0.3) is 27.6 Å². The van der Waals surface area contributed by atoms with E-state index in [-0.39, 0.29) is 11.8 Å². The van der Waals surface area contributed by atoms with Gasteiger partial charge in [-0.25, -0.2) is 0 Å². The van der Waals surface area contributed by atoms with Gasteiger partial charge >= 0.3 is 0 Å². The summed E-state index contributed by atoms with van der Waals surface area (Å²) in [6.07, 6.45) is 9.02. The van der Waals surface area contributed by atoms with Crippen molar-refractivity contribution in [1.82, 2.24) is 4.98 Å². The van der Waals surface area contributed by atoms with Crippen molar-refractivity contribution in [2.45, 2.75) is 5.92 Å². The SMILES string of the molecule is C1=CC2=C(c3cccc(-c4ccccc4)c3)c3ccccc3C(c3ccc4ccccc4n3)C2C=C1. The van der Waals surface area contributed by atoms with Crippen molar-refractivity contribution in [3.63, 3.8) is 0 Å². The summed E-state index contributed by atoms with van der Waals surface area (Å²) in [7, 11) is 0. The van der Waals surface area contributed by atoms with Gasteiger partial charge in [-0.1, -0.05) is 121 Å². The van der Waals surface area contributed by atoms with Gasteiger partial charge in [0.1, 0.15) is 0 Å². The number of para-hydroxylation sites is 1. The van der Waals surface area contributed by atoms with Crippen molar-refractivity contribution in [1.29, 1.82) is 0 Å². The second-order valence-electron chi connectivity index (χ2n) is 9.54. The third-order valence-corrected chi connectivity index (χ3v) is 7.47. The number of rotatable bonds is 3. The normalized spacial score (nSPS) is 18.2. The number of pyridine rings is 1. The summed E-state index contributed by atoms with van der Waals surface area (Å²) >= 11 is 0. The Morgan fingerprint density at radius 2 is 1.36 bits per heavy atom. The van der Waals surface area contributed by atoms with Crippen molar-refractivity contribution in [3.8, 4) is 11.1 Å². The topological polar surface area (TPSA) is 12.9 Å². The second-order valence-corrected chi connectivity index (χ2v) is 9.54. The molecule has 1 nitrogen and oxygen atoms in total. The molecule has 5 aromatic rings. The number of benzene rings is 4. The van der Waals surface area contributed by atoms with Gasteiger partial charge in [-0.2, -0.15) is 0 Å². The number of nitrogens with zero attached hydrogens (tertiary/aromatic N) is 1. The van der Waals surface area contributed by atoms with E-state index < -0.39 is 0 Å². The quantitative estimate of drug-likeness (QED) is 0.263. The van der Waals surface area contributed by atoms with Gasteiger partial charge in [0.05, 0.1) is 5.52 Å². The lowest BCUT2D eigenvalue weighted by atomic mass is 9.67. The average Bonchev–Trinajstić information content (AvgIpc) is 2.96. The zero-order chi connectivity index (χ0) is 23.9. The van der Waals surface area contributed by atoms with Crippen LogP contribution >= 0.6 is 0 Å². The molecule has 2 atom stereocenters. The van der Waals surface area contributed by atoms with Crippen LogP contribution in [0, 0.1) is 5.92 Å². The van der Waals surface area contributed by atoms with E-state index in [4.69, 9.17) is 4.98 Å². The van der Waals surface area contributed by atoms with Gasteiger partial charge in [-0.05, 0) is 57.2 Å². The van der Waals surface area contributed by atoms with Gasteiger partial charge in [0.15, 0.2) is 0 Å². The molecule has 7 rings (SSSR count). The first kappa shape index (κ1) is 20.8. The van der Waals surface area contributed by atoms with E-state index in [9.17, 15) is 0 Å². The molecule has 1 heterocycles. The minimum Gasteiger partial charge on any atom is -0.252 e. The molecule has 170 valence electrons. The van der Waals surface area contributed by atoms with Gasteiger partial charge in [0, 0.05) is 22.9 Å². The first-order chi connectivity index (χ1) is 17.9. The summed E-state index contributed by atoms with van der Waals surface area (Å²) < 4.78 is 0. The fraction of sp³-hybridized carbons (Fsp3) is 0.0571. The zero-order valence-corrected chi connectivity index (χ0v) is 19.9. The lowest BCUT2D eigenvalue weighted by Crippen LogP contribution is -2.23. The van der Waals surface area contributed by atoms with Crippen LogP contribution in [-0.4, -0.2) is 4.98 Å². The molecular weight excluding hydrogens is 434 g/mol. The summed E-state index contributed by atoms with van der Waals surface area (Å²) in [5, 5.41) is 1.18. The second kappa shape index (κ2) is 8.62. The highest BCUT2D eigenvalue weighted by atomic mass is 14.7. The van der Waals surface area contributed by atoms with Crippen molar-refractivity contribution in [2.24, 2.45) is 5.92 Å². The summed E-state index contributed by atoms with van der Waals surface area (Å²) in [5.41, 5.74) is 11.2. The largest absolute Gasteiger partial charge is 0.252 e. The predicted molar refractivity (Wildman–Crippen MR) is 150 cm³/mol. The smallest absolute Gasteiger partial charge is 0.0705 e. The van der Waals surface area contributed by atoms with Gasteiger partial charge in [0.25, 0.3) is 0 Å². The molecule has 1 aromatic heterocycles. The molecule has 0 aliphatic heterocycles. The van der Waals surface area contributed by atoms with Crippen molar-refractivity contribution >= 4 is 16.5 Å². The van der Waals surface area contributed by atoms with Crippen LogP contribution in [0.15, 0.2) is 145 Å². The monoisotopic (exact) mass is 459 g/mol. The third-order valence-electron chi connectivity index (χ3n) is 7.47. The maximum Gasteiger partial charge on any atom is 0.0705 e. The van der Waals surface area contributed by atoms with E-state index in [0.717, 1.165) is 11.2 Å². The average molecular weight is 460 g/mol. The maximum atomic E-state index is 5.16. The van der Waals surface area contributed by atoms with Crippen LogP contribution in [-0.2, 0) is 0 Å². The lowest BCUT2D eigenvalue weighted by molar-refractivity contribution is 0.634. The number of fused-ring (bicyclic) bond motifs is 3. The number of hydrogen-bond donors (Lipinski definition) is 0. The van der Waals surface area contributed by atoms with Crippen molar-refractivity contribution in [3.05, 3.63) is 168 Å². The Hall–Kier alpha value is -4.49. The number of allylic oxidation sites excluding steroid dienone is 5. The molecule has 2 aliphatic rings. The van der Waals surface area contributed by atoms with Crippen LogP contribution in [0.4, 0.5) is 0 Å². The van der Waals surface area contributed by atoms with Gasteiger partial charge < -0.3 is 0 Å². The highest BCUT2D eigenvalue weighted by molar-refractivity contribution is 5.90. The summed E-state index contributed by atoms with van der Waals surface area (Å²) in [5.74, 6) is 0.400. The molecule has 0 N–H and O–H groups in total. The zero-order valence-electron chi connectivity index (χ0n) is 19.9. The molecule has 0 spiro atoms. The van der Waals surface area contributed by atoms with Crippen molar-refractivity contribution in [2.75, 3.05) is 0 Å². The molecule has 2 unspecified atom stereocenters. The van der Waals surface area contributed by atoms with Gasteiger partial charge in [-0.3, -0.25) is 4.98 Å². The van der Waals surface area contributed by atoms with Crippen LogP contribution in [0.5, 0.6) is 0 Å².